The Hall–Kier alpha value is -0.970. The topological polar surface area (TPSA) is 41.5 Å². The molecule has 96 valence electrons. The lowest BCUT2D eigenvalue weighted by atomic mass is 10.1. The summed E-state index contributed by atoms with van der Waals surface area (Å²) in [7, 11) is 1.54. The van der Waals surface area contributed by atoms with Crippen LogP contribution < -0.4 is 5.32 Å². The molecule has 1 aromatic rings. The summed E-state index contributed by atoms with van der Waals surface area (Å²) < 4.78 is 18.2. The van der Waals surface area contributed by atoms with Gasteiger partial charge in [0.2, 0.25) is 0 Å². The molecule has 0 radical (unpaired) electrons. The highest BCUT2D eigenvalue weighted by molar-refractivity contribution is 5.25. The van der Waals surface area contributed by atoms with Gasteiger partial charge in [0, 0.05) is 19.7 Å². The number of benzene rings is 1. The van der Waals surface area contributed by atoms with E-state index in [2.05, 4.69) is 5.32 Å². The number of ether oxygens (including phenoxy) is 1. The zero-order valence-electron chi connectivity index (χ0n) is 10.5. The maximum Gasteiger partial charge on any atom is 0.126 e. The van der Waals surface area contributed by atoms with E-state index in [-0.39, 0.29) is 11.9 Å². The first-order chi connectivity index (χ1) is 8.04. The highest BCUT2D eigenvalue weighted by Gasteiger charge is 2.09. The van der Waals surface area contributed by atoms with E-state index < -0.39 is 6.10 Å². The van der Waals surface area contributed by atoms with Gasteiger partial charge in [0.05, 0.1) is 12.7 Å². The summed E-state index contributed by atoms with van der Waals surface area (Å²) in [6, 6.07) is 5.17. The summed E-state index contributed by atoms with van der Waals surface area (Å²) in [5.74, 6) is -0.200. The molecule has 3 nitrogen and oxygen atoms in total. The molecule has 2 unspecified atom stereocenters. The Labute approximate surface area is 102 Å². The summed E-state index contributed by atoms with van der Waals surface area (Å²) in [6.45, 7) is 4.38. The minimum absolute atomic E-state index is 0.00314. The van der Waals surface area contributed by atoms with Gasteiger partial charge >= 0.3 is 0 Å². The molecule has 0 amide bonds. The average Bonchev–Trinajstić information content (AvgIpc) is 2.30. The lowest BCUT2D eigenvalue weighted by molar-refractivity contribution is 0.0630. The van der Waals surface area contributed by atoms with E-state index in [1.54, 1.807) is 20.1 Å². The van der Waals surface area contributed by atoms with Gasteiger partial charge in [-0.15, -0.1) is 0 Å². The Morgan fingerprint density at radius 1 is 1.47 bits per heavy atom. The maximum absolute atomic E-state index is 13.4. The minimum Gasteiger partial charge on any atom is -0.389 e. The minimum atomic E-state index is -0.544. The maximum atomic E-state index is 13.4. The molecule has 2 N–H and O–H groups in total. The molecular weight excluding hydrogens is 221 g/mol. The van der Waals surface area contributed by atoms with Crippen molar-refractivity contribution >= 4 is 0 Å². The second-order valence-electron chi connectivity index (χ2n) is 4.25. The van der Waals surface area contributed by atoms with Crippen molar-refractivity contribution in [3.63, 3.8) is 0 Å². The molecule has 0 aliphatic carbocycles. The van der Waals surface area contributed by atoms with E-state index >= 15 is 0 Å². The molecular formula is C13H20FNO2. The number of aliphatic hydroxyl groups is 1. The first kappa shape index (κ1) is 14.1. The predicted octanol–water partition coefficient (Wildman–Crippen LogP) is 1.79. The van der Waals surface area contributed by atoms with E-state index in [0.717, 1.165) is 5.56 Å². The lowest BCUT2D eigenvalue weighted by Crippen LogP contribution is -2.31. The lowest BCUT2D eigenvalue weighted by Gasteiger charge is -2.17. The van der Waals surface area contributed by atoms with E-state index in [1.807, 2.05) is 13.0 Å². The molecule has 2 atom stereocenters. The number of nitrogens with one attached hydrogen (secondary N) is 1. The highest BCUT2D eigenvalue weighted by atomic mass is 19.1. The number of halogens is 1. The fourth-order valence-electron chi connectivity index (χ4n) is 1.56. The van der Waals surface area contributed by atoms with Crippen LogP contribution in [0.15, 0.2) is 18.2 Å². The van der Waals surface area contributed by atoms with Crippen LogP contribution in [0.2, 0.25) is 0 Å². The second kappa shape index (κ2) is 6.69. The van der Waals surface area contributed by atoms with Gasteiger partial charge in [0.15, 0.2) is 0 Å². The fraction of sp³-hybridized carbons (Fsp3) is 0.538. The molecule has 0 saturated carbocycles. The number of rotatable bonds is 6. The largest absolute Gasteiger partial charge is 0.389 e. The number of aryl methyl sites for hydroxylation is 1. The van der Waals surface area contributed by atoms with Crippen LogP contribution in [0, 0.1) is 12.7 Å². The van der Waals surface area contributed by atoms with Crippen molar-refractivity contribution in [3.05, 3.63) is 35.1 Å². The molecule has 0 aromatic heterocycles. The van der Waals surface area contributed by atoms with Crippen molar-refractivity contribution in [3.8, 4) is 0 Å². The molecule has 0 saturated heterocycles. The third-order valence-corrected chi connectivity index (χ3v) is 2.71. The van der Waals surface area contributed by atoms with Gasteiger partial charge in [0.1, 0.15) is 5.82 Å². The van der Waals surface area contributed by atoms with Crippen LogP contribution in [-0.4, -0.2) is 31.5 Å². The van der Waals surface area contributed by atoms with Crippen LogP contribution in [-0.2, 0) is 4.74 Å². The van der Waals surface area contributed by atoms with Crippen molar-refractivity contribution in [2.45, 2.75) is 26.0 Å². The molecule has 17 heavy (non-hydrogen) atoms. The molecule has 0 aliphatic heterocycles. The molecule has 0 bridgehead atoms. The van der Waals surface area contributed by atoms with Crippen molar-refractivity contribution in [1.29, 1.82) is 0 Å². The first-order valence-corrected chi connectivity index (χ1v) is 5.71. The van der Waals surface area contributed by atoms with Crippen LogP contribution >= 0.6 is 0 Å². The van der Waals surface area contributed by atoms with Crippen LogP contribution in [0.3, 0.4) is 0 Å². The van der Waals surface area contributed by atoms with E-state index in [0.29, 0.717) is 18.7 Å². The van der Waals surface area contributed by atoms with Crippen molar-refractivity contribution < 1.29 is 14.2 Å². The Kier molecular flexibility index (Phi) is 5.55. The SMILES string of the molecule is COCC(O)CNC(C)c1ccc(C)c(F)c1. The normalized spacial score (nSPS) is 14.6. The average molecular weight is 241 g/mol. The van der Waals surface area contributed by atoms with E-state index in [4.69, 9.17) is 4.74 Å². The second-order valence-corrected chi connectivity index (χ2v) is 4.25. The van der Waals surface area contributed by atoms with Crippen LogP contribution in [0.4, 0.5) is 4.39 Å². The van der Waals surface area contributed by atoms with Crippen molar-refractivity contribution in [2.24, 2.45) is 0 Å². The Morgan fingerprint density at radius 3 is 2.76 bits per heavy atom. The predicted molar refractivity (Wildman–Crippen MR) is 65.4 cm³/mol. The summed E-state index contributed by atoms with van der Waals surface area (Å²) in [5.41, 5.74) is 1.51. The van der Waals surface area contributed by atoms with Crippen molar-refractivity contribution in [1.82, 2.24) is 5.32 Å². The standard InChI is InChI=1S/C13H20FNO2/c1-9-4-5-11(6-13(9)14)10(2)15-7-12(16)8-17-3/h4-6,10,12,15-16H,7-8H2,1-3H3. The number of aliphatic hydroxyl groups excluding tert-OH is 1. The number of hydrogen-bond donors (Lipinski definition) is 2. The monoisotopic (exact) mass is 241 g/mol. The van der Waals surface area contributed by atoms with Crippen LogP contribution in [0.5, 0.6) is 0 Å². The smallest absolute Gasteiger partial charge is 0.126 e. The molecule has 4 heteroatoms. The van der Waals surface area contributed by atoms with Gasteiger partial charge in [-0.3, -0.25) is 0 Å². The van der Waals surface area contributed by atoms with Gasteiger partial charge in [-0.2, -0.15) is 0 Å². The van der Waals surface area contributed by atoms with Gasteiger partial charge < -0.3 is 15.2 Å². The number of hydrogen-bond acceptors (Lipinski definition) is 3. The van der Waals surface area contributed by atoms with Gasteiger partial charge in [-0.05, 0) is 31.0 Å². The summed E-state index contributed by atoms with van der Waals surface area (Å²) >= 11 is 0. The third kappa shape index (κ3) is 4.42. The first-order valence-electron chi connectivity index (χ1n) is 5.71. The molecule has 0 spiro atoms. The van der Waals surface area contributed by atoms with Gasteiger partial charge in [-0.1, -0.05) is 12.1 Å². The Balaban J connectivity index is 2.52. The van der Waals surface area contributed by atoms with Gasteiger partial charge in [0.25, 0.3) is 0 Å². The Morgan fingerprint density at radius 2 is 2.18 bits per heavy atom. The zero-order valence-corrected chi connectivity index (χ0v) is 10.5. The summed E-state index contributed by atoms with van der Waals surface area (Å²) in [4.78, 5) is 0. The zero-order chi connectivity index (χ0) is 12.8. The van der Waals surface area contributed by atoms with Gasteiger partial charge in [-0.25, -0.2) is 4.39 Å². The van der Waals surface area contributed by atoms with E-state index in [1.165, 1.54) is 6.07 Å². The highest BCUT2D eigenvalue weighted by Crippen LogP contribution is 2.16. The van der Waals surface area contributed by atoms with E-state index in [9.17, 15) is 9.50 Å². The quantitative estimate of drug-likeness (QED) is 0.798. The molecule has 0 fully saturated rings. The summed E-state index contributed by atoms with van der Waals surface area (Å²) in [5, 5.41) is 12.6. The Bertz CT molecular complexity index is 357. The summed E-state index contributed by atoms with van der Waals surface area (Å²) in [6.07, 6.45) is -0.544. The molecule has 1 rings (SSSR count). The number of methoxy groups -OCH3 is 1. The molecule has 1 aromatic carbocycles. The van der Waals surface area contributed by atoms with Crippen LogP contribution in [0.25, 0.3) is 0 Å². The van der Waals surface area contributed by atoms with Crippen molar-refractivity contribution in [2.75, 3.05) is 20.3 Å². The fourth-order valence-corrected chi connectivity index (χ4v) is 1.56. The molecule has 0 aliphatic rings. The van der Waals surface area contributed by atoms with Crippen LogP contribution in [0.1, 0.15) is 24.1 Å². The third-order valence-electron chi connectivity index (χ3n) is 2.71. The molecule has 0 heterocycles.